The molecule has 1 aromatic heterocycles. The number of likely N-dealkylation sites (N-methyl/N-ethyl adjacent to an activating group) is 1. The number of ether oxygens (including phenoxy) is 1. The highest BCUT2D eigenvalue weighted by atomic mass is 35.5. The molecule has 26 heavy (non-hydrogen) atoms. The zero-order valence-corrected chi connectivity index (χ0v) is 16.2. The minimum atomic E-state index is -0.116. The van der Waals surface area contributed by atoms with Gasteiger partial charge in [-0.05, 0) is 30.7 Å². The van der Waals surface area contributed by atoms with Crippen molar-refractivity contribution in [2.75, 3.05) is 20.2 Å². The van der Waals surface area contributed by atoms with E-state index >= 15 is 0 Å². The molecule has 1 amide bonds. The predicted octanol–water partition coefficient (Wildman–Crippen LogP) is 4.92. The van der Waals surface area contributed by atoms with E-state index in [9.17, 15) is 4.79 Å². The topological polar surface area (TPSA) is 42.4 Å². The molecule has 0 unspecified atom stereocenters. The second kappa shape index (κ2) is 8.34. The number of rotatable bonds is 6. The number of carbonyl (C=O) groups excluding carboxylic acids is 1. The lowest BCUT2D eigenvalue weighted by Crippen LogP contribution is -2.31. The highest BCUT2D eigenvalue weighted by molar-refractivity contribution is 7.13. The Morgan fingerprint density at radius 3 is 2.65 bits per heavy atom. The van der Waals surface area contributed by atoms with Crippen molar-refractivity contribution in [2.45, 2.75) is 6.92 Å². The third-order valence-electron chi connectivity index (χ3n) is 3.94. The Balaban J connectivity index is 1.58. The van der Waals surface area contributed by atoms with Crippen molar-refractivity contribution >= 4 is 28.8 Å². The van der Waals surface area contributed by atoms with Gasteiger partial charge in [-0.3, -0.25) is 4.79 Å². The van der Waals surface area contributed by atoms with Gasteiger partial charge < -0.3 is 9.64 Å². The highest BCUT2D eigenvalue weighted by Gasteiger charge is 2.16. The van der Waals surface area contributed by atoms with Crippen molar-refractivity contribution in [1.29, 1.82) is 0 Å². The molecule has 0 aliphatic rings. The zero-order valence-electron chi connectivity index (χ0n) is 14.6. The van der Waals surface area contributed by atoms with Gasteiger partial charge in [-0.2, -0.15) is 0 Å². The molecule has 0 spiro atoms. The van der Waals surface area contributed by atoms with Crippen LogP contribution in [0.5, 0.6) is 5.75 Å². The molecule has 0 N–H and O–H groups in total. The predicted molar refractivity (Wildman–Crippen MR) is 106 cm³/mol. The van der Waals surface area contributed by atoms with Crippen LogP contribution in [-0.2, 0) is 0 Å². The number of aromatic nitrogens is 1. The Morgan fingerprint density at radius 2 is 1.92 bits per heavy atom. The lowest BCUT2D eigenvalue weighted by molar-refractivity contribution is 0.0769. The van der Waals surface area contributed by atoms with Gasteiger partial charge in [0, 0.05) is 23.0 Å². The van der Waals surface area contributed by atoms with Gasteiger partial charge in [0.1, 0.15) is 23.1 Å². The normalized spacial score (nSPS) is 10.6. The molecule has 1 heterocycles. The van der Waals surface area contributed by atoms with Crippen LogP contribution < -0.4 is 4.74 Å². The molecule has 0 saturated carbocycles. The molecule has 0 aliphatic carbocycles. The second-order valence-corrected chi connectivity index (χ2v) is 7.18. The molecule has 0 atom stereocenters. The van der Waals surface area contributed by atoms with E-state index < -0.39 is 0 Å². The third-order valence-corrected chi connectivity index (χ3v) is 5.08. The fourth-order valence-corrected chi connectivity index (χ4v) is 3.33. The molecule has 0 bridgehead atoms. The number of benzene rings is 2. The number of thiazole rings is 1. The van der Waals surface area contributed by atoms with E-state index in [0.717, 1.165) is 21.9 Å². The largest absolute Gasteiger partial charge is 0.491 e. The summed E-state index contributed by atoms with van der Waals surface area (Å²) in [6, 6.07) is 15.3. The Hall–Kier alpha value is -2.37. The van der Waals surface area contributed by atoms with E-state index in [0.29, 0.717) is 23.9 Å². The average Bonchev–Trinajstić information content (AvgIpc) is 3.13. The smallest absolute Gasteiger partial charge is 0.273 e. The summed E-state index contributed by atoms with van der Waals surface area (Å²) in [6.45, 7) is 2.92. The maximum Gasteiger partial charge on any atom is 0.273 e. The summed E-state index contributed by atoms with van der Waals surface area (Å²) in [5, 5.41) is 3.26. The quantitative estimate of drug-likeness (QED) is 0.603. The van der Waals surface area contributed by atoms with Crippen LogP contribution >= 0.6 is 22.9 Å². The van der Waals surface area contributed by atoms with Crippen molar-refractivity contribution in [3.63, 3.8) is 0 Å². The molecule has 0 fully saturated rings. The summed E-state index contributed by atoms with van der Waals surface area (Å²) in [5.41, 5.74) is 2.47. The number of carbonyl (C=O) groups is 1. The number of halogens is 1. The van der Waals surface area contributed by atoms with Crippen LogP contribution in [-0.4, -0.2) is 36.0 Å². The van der Waals surface area contributed by atoms with Crippen LogP contribution in [0.4, 0.5) is 0 Å². The van der Waals surface area contributed by atoms with Gasteiger partial charge in [-0.25, -0.2) is 4.98 Å². The van der Waals surface area contributed by atoms with Crippen LogP contribution in [0, 0.1) is 6.92 Å². The van der Waals surface area contributed by atoms with E-state index in [4.69, 9.17) is 16.3 Å². The maximum absolute atomic E-state index is 12.5. The Labute approximate surface area is 162 Å². The standard InChI is InChI=1S/C20H19ClN2O2S/c1-14-5-3-4-6-18(14)25-12-11-23(2)20(24)17-13-26-19(22-17)15-7-9-16(21)10-8-15/h3-10,13H,11-12H2,1-2H3. The van der Waals surface area contributed by atoms with Crippen molar-refractivity contribution in [3.05, 3.63) is 70.2 Å². The molecule has 0 radical (unpaired) electrons. The number of aryl methyl sites for hydroxylation is 1. The summed E-state index contributed by atoms with van der Waals surface area (Å²) in [7, 11) is 1.75. The molecular weight excluding hydrogens is 368 g/mol. The van der Waals surface area contributed by atoms with Gasteiger partial charge in [0.05, 0.1) is 6.54 Å². The summed E-state index contributed by atoms with van der Waals surface area (Å²) in [6.07, 6.45) is 0. The average molecular weight is 387 g/mol. The zero-order chi connectivity index (χ0) is 18.5. The Morgan fingerprint density at radius 1 is 1.19 bits per heavy atom. The highest BCUT2D eigenvalue weighted by Crippen LogP contribution is 2.25. The lowest BCUT2D eigenvalue weighted by Gasteiger charge is -2.17. The molecule has 134 valence electrons. The van der Waals surface area contributed by atoms with E-state index in [1.54, 1.807) is 17.3 Å². The molecule has 0 aliphatic heterocycles. The Kier molecular flexibility index (Phi) is 5.91. The van der Waals surface area contributed by atoms with Crippen molar-refractivity contribution in [1.82, 2.24) is 9.88 Å². The summed E-state index contributed by atoms with van der Waals surface area (Å²) in [4.78, 5) is 18.6. The Bertz CT molecular complexity index is 893. The third kappa shape index (κ3) is 4.42. The molecule has 2 aromatic carbocycles. The molecule has 3 rings (SSSR count). The minimum Gasteiger partial charge on any atom is -0.491 e. The number of para-hydroxylation sites is 1. The number of hydrogen-bond donors (Lipinski definition) is 0. The van der Waals surface area contributed by atoms with Crippen LogP contribution in [0.15, 0.2) is 53.9 Å². The molecule has 6 heteroatoms. The van der Waals surface area contributed by atoms with Gasteiger partial charge >= 0.3 is 0 Å². The van der Waals surface area contributed by atoms with Gasteiger partial charge in [-0.15, -0.1) is 11.3 Å². The second-order valence-electron chi connectivity index (χ2n) is 5.89. The fourth-order valence-electron chi connectivity index (χ4n) is 2.41. The first-order chi connectivity index (χ1) is 12.5. The van der Waals surface area contributed by atoms with Gasteiger partial charge in [0.25, 0.3) is 5.91 Å². The monoisotopic (exact) mass is 386 g/mol. The van der Waals surface area contributed by atoms with Crippen LogP contribution in [0.1, 0.15) is 16.1 Å². The van der Waals surface area contributed by atoms with E-state index in [1.165, 1.54) is 11.3 Å². The van der Waals surface area contributed by atoms with Gasteiger partial charge in [0.15, 0.2) is 0 Å². The van der Waals surface area contributed by atoms with Crippen LogP contribution in [0.25, 0.3) is 10.6 Å². The van der Waals surface area contributed by atoms with Gasteiger partial charge in [-0.1, -0.05) is 41.9 Å². The maximum atomic E-state index is 12.5. The molecule has 0 saturated heterocycles. The molecule has 3 aromatic rings. The SMILES string of the molecule is Cc1ccccc1OCCN(C)C(=O)c1csc(-c2ccc(Cl)cc2)n1. The minimum absolute atomic E-state index is 0.116. The lowest BCUT2D eigenvalue weighted by atomic mass is 10.2. The summed E-state index contributed by atoms with van der Waals surface area (Å²) >= 11 is 7.35. The van der Waals surface area contributed by atoms with Crippen molar-refractivity contribution in [2.24, 2.45) is 0 Å². The van der Waals surface area contributed by atoms with Crippen molar-refractivity contribution < 1.29 is 9.53 Å². The van der Waals surface area contributed by atoms with Crippen molar-refractivity contribution in [3.8, 4) is 16.3 Å². The first-order valence-electron chi connectivity index (χ1n) is 8.20. The summed E-state index contributed by atoms with van der Waals surface area (Å²) < 4.78 is 5.76. The fraction of sp³-hybridized carbons (Fsp3) is 0.200. The van der Waals surface area contributed by atoms with E-state index in [2.05, 4.69) is 4.98 Å². The molecular formula is C20H19ClN2O2S. The van der Waals surface area contributed by atoms with Gasteiger partial charge in [0.2, 0.25) is 0 Å². The first-order valence-corrected chi connectivity index (χ1v) is 9.46. The molecule has 4 nitrogen and oxygen atoms in total. The van der Waals surface area contributed by atoms with Crippen LogP contribution in [0.3, 0.4) is 0 Å². The number of nitrogens with zero attached hydrogens (tertiary/aromatic N) is 2. The van der Waals surface area contributed by atoms with Crippen LogP contribution in [0.2, 0.25) is 5.02 Å². The number of hydrogen-bond acceptors (Lipinski definition) is 4. The van der Waals surface area contributed by atoms with E-state index in [1.807, 2.05) is 55.5 Å². The van der Waals surface area contributed by atoms with E-state index in [-0.39, 0.29) is 5.91 Å². The summed E-state index contributed by atoms with van der Waals surface area (Å²) in [5.74, 6) is 0.724. The number of amides is 1. The first kappa shape index (κ1) is 18.4.